The van der Waals surface area contributed by atoms with E-state index in [4.69, 9.17) is 0 Å². The monoisotopic (exact) mass is 458 g/mol. The minimum absolute atomic E-state index is 0.0478. The number of hydrogen-bond acceptors (Lipinski definition) is 7. The Morgan fingerprint density at radius 1 is 0.970 bits per heavy atom. The Kier molecular flexibility index (Phi) is 6.83. The Balaban J connectivity index is 1.28. The molecule has 1 N–H and O–H groups in total. The van der Waals surface area contributed by atoms with Gasteiger partial charge in [-0.2, -0.15) is 0 Å². The molecule has 4 rings (SSSR count). The third kappa shape index (κ3) is 6.01. The molecule has 0 radical (unpaired) electrons. The van der Waals surface area contributed by atoms with Gasteiger partial charge >= 0.3 is 0 Å². The fraction of sp³-hybridized carbons (Fsp3) is 0.478. The lowest BCUT2D eigenvalue weighted by Gasteiger charge is -2.36. The van der Waals surface area contributed by atoms with Crippen molar-refractivity contribution >= 4 is 29.0 Å². The quantitative estimate of drug-likeness (QED) is 0.667. The number of ketones is 1. The van der Waals surface area contributed by atoms with E-state index in [1.54, 1.807) is 24.3 Å². The lowest BCUT2D eigenvalue weighted by molar-refractivity contribution is -0.117. The van der Waals surface area contributed by atoms with Crippen molar-refractivity contribution < 1.29 is 18.4 Å². The van der Waals surface area contributed by atoms with Gasteiger partial charge in [0.05, 0.1) is 6.54 Å². The van der Waals surface area contributed by atoms with Crippen molar-refractivity contribution in [1.82, 2.24) is 14.9 Å². The molecule has 8 nitrogen and oxygen atoms in total. The summed E-state index contributed by atoms with van der Waals surface area (Å²) < 4.78 is 26.9. The van der Waals surface area contributed by atoms with Crippen LogP contribution in [0.5, 0.6) is 0 Å². The molecule has 0 saturated carbocycles. The number of amides is 1. The van der Waals surface area contributed by atoms with Gasteiger partial charge < -0.3 is 15.1 Å². The van der Waals surface area contributed by atoms with Crippen molar-refractivity contribution in [2.75, 3.05) is 60.9 Å². The molecule has 1 aromatic heterocycles. The number of carbonyl (C=O) groups excluding carboxylic acids is 2. The van der Waals surface area contributed by atoms with Crippen molar-refractivity contribution in [2.45, 2.75) is 25.7 Å². The second-order valence-electron chi connectivity index (χ2n) is 8.53. The van der Waals surface area contributed by atoms with Crippen molar-refractivity contribution in [3.63, 3.8) is 0 Å². The summed E-state index contributed by atoms with van der Waals surface area (Å²) in [6, 6.07) is 8.76. The molecule has 3 heterocycles. The zero-order valence-electron chi connectivity index (χ0n) is 18.6. The molecule has 0 unspecified atom stereocenters. The third-order valence-electron chi connectivity index (χ3n) is 6.07. The van der Waals surface area contributed by atoms with Crippen LogP contribution in [0, 0.1) is 0 Å². The van der Waals surface area contributed by atoms with Gasteiger partial charge in [-0.3, -0.25) is 14.5 Å². The molecule has 33 heavy (non-hydrogen) atoms. The summed E-state index contributed by atoms with van der Waals surface area (Å²) in [5.74, 6) is -1.33. The van der Waals surface area contributed by atoms with Gasteiger partial charge in [0.25, 0.3) is 5.92 Å². The molecule has 10 heteroatoms. The maximum Gasteiger partial charge on any atom is 0.251 e. The average molecular weight is 459 g/mol. The van der Waals surface area contributed by atoms with Gasteiger partial charge in [-0.1, -0.05) is 12.1 Å². The molecule has 176 valence electrons. The predicted octanol–water partition coefficient (Wildman–Crippen LogP) is 2.68. The van der Waals surface area contributed by atoms with Crippen LogP contribution in [-0.4, -0.2) is 78.3 Å². The zero-order chi connectivity index (χ0) is 23.4. The van der Waals surface area contributed by atoms with Crippen molar-refractivity contribution in [2.24, 2.45) is 0 Å². The second kappa shape index (κ2) is 9.78. The number of hydrogen-bond donors (Lipinski definition) is 1. The number of alkyl halides is 2. The molecule has 2 aromatic rings. The Morgan fingerprint density at radius 3 is 2.24 bits per heavy atom. The number of anilines is 3. The van der Waals surface area contributed by atoms with Gasteiger partial charge in [-0.05, 0) is 19.1 Å². The molecular weight excluding hydrogens is 430 g/mol. The molecule has 0 bridgehead atoms. The van der Waals surface area contributed by atoms with E-state index in [1.807, 2.05) is 11.0 Å². The van der Waals surface area contributed by atoms with Gasteiger partial charge in [-0.25, -0.2) is 18.7 Å². The maximum atomic E-state index is 13.4. The Bertz CT molecular complexity index is 1000. The van der Waals surface area contributed by atoms with Gasteiger partial charge in [0.15, 0.2) is 5.78 Å². The first-order valence-electron chi connectivity index (χ1n) is 11.1. The molecule has 1 aromatic carbocycles. The van der Waals surface area contributed by atoms with E-state index in [1.165, 1.54) is 13.3 Å². The number of piperazine rings is 1. The summed E-state index contributed by atoms with van der Waals surface area (Å²) >= 11 is 0. The molecule has 0 aliphatic carbocycles. The Morgan fingerprint density at radius 2 is 1.61 bits per heavy atom. The molecular formula is C23H28F2N6O2. The molecule has 2 fully saturated rings. The predicted molar refractivity (Wildman–Crippen MR) is 122 cm³/mol. The SMILES string of the molecule is CC(=O)c1cccc(NC(=O)CN2CCN(c3cc(N4CCC(F)(F)CC4)ncn3)CC2)c1. The van der Waals surface area contributed by atoms with Crippen LogP contribution in [0.2, 0.25) is 0 Å². The third-order valence-corrected chi connectivity index (χ3v) is 6.07. The minimum Gasteiger partial charge on any atom is -0.356 e. The highest BCUT2D eigenvalue weighted by Crippen LogP contribution is 2.30. The first kappa shape index (κ1) is 23.0. The van der Waals surface area contributed by atoms with Gasteiger partial charge in [0, 0.05) is 69.4 Å². The van der Waals surface area contributed by atoms with E-state index in [0.29, 0.717) is 43.2 Å². The van der Waals surface area contributed by atoms with Gasteiger partial charge in [0.2, 0.25) is 5.91 Å². The van der Waals surface area contributed by atoms with Crippen LogP contribution in [0.25, 0.3) is 0 Å². The number of nitrogens with zero attached hydrogens (tertiary/aromatic N) is 5. The Hall–Kier alpha value is -3.14. The van der Waals surface area contributed by atoms with Crippen molar-refractivity contribution in [1.29, 1.82) is 0 Å². The van der Waals surface area contributed by atoms with E-state index in [2.05, 4.69) is 25.1 Å². The number of benzene rings is 1. The highest BCUT2D eigenvalue weighted by atomic mass is 19.3. The van der Waals surface area contributed by atoms with Crippen LogP contribution in [0.1, 0.15) is 30.1 Å². The zero-order valence-corrected chi connectivity index (χ0v) is 18.6. The van der Waals surface area contributed by atoms with E-state index in [0.717, 1.165) is 5.82 Å². The van der Waals surface area contributed by atoms with Crippen LogP contribution < -0.4 is 15.1 Å². The number of carbonyl (C=O) groups is 2. The molecule has 2 aliphatic heterocycles. The minimum atomic E-state index is -2.59. The maximum absolute atomic E-state index is 13.4. The van der Waals surface area contributed by atoms with E-state index in [9.17, 15) is 18.4 Å². The van der Waals surface area contributed by atoms with E-state index in [-0.39, 0.29) is 44.2 Å². The fourth-order valence-corrected chi connectivity index (χ4v) is 4.10. The number of halogens is 2. The summed E-state index contributed by atoms with van der Waals surface area (Å²) in [5, 5.41) is 2.85. The largest absolute Gasteiger partial charge is 0.356 e. The molecule has 1 amide bonds. The normalized spacial score (nSPS) is 18.8. The number of rotatable bonds is 6. The lowest BCUT2D eigenvalue weighted by Crippen LogP contribution is -2.49. The van der Waals surface area contributed by atoms with Gasteiger partial charge in [0.1, 0.15) is 18.0 Å². The van der Waals surface area contributed by atoms with E-state index >= 15 is 0 Å². The number of aromatic nitrogens is 2. The molecule has 2 aliphatic rings. The number of piperidine rings is 1. The van der Waals surface area contributed by atoms with Crippen molar-refractivity contribution in [3.8, 4) is 0 Å². The average Bonchev–Trinajstić information content (AvgIpc) is 2.80. The highest BCUT2D eigenvalue weighted by Gasteiger charge is 2.34. The van der Waals surface area contributed by atoms with Gasteiger partial charge in [-0.15, -0.1) is 0 Å². The highest BCUT2D eigenvalue weighted by molar-refractivity contribution is 5.97. The number of Topliss-reactive ketones (excluding diaryl/α,β-unsaturated/α-hetero) is 1. The summed E-state index contributed by atoms with van der Waals surface area (Å²) in [5.41, 5.74) is 1.17. The van der Waals surface area contributed by atoms with Crippen LogP contribution >= 0.6 is 0 Å². The van der Waals surface area contributed by atoms with Crippen LogP contribution in [0.15, 0.2) is 36.7 Å². The second-order valence-corrected chi connectivity index (χ2v) is 8.53. The number of nitrogens with one attached hydrogen (secondary N) is 1. The summed E-state index contributed by atoms with van der Waals surface area (Å²) in [6.45, 7) is 5.08. The molecule has 2 saturated heterocycles. The Labute approximate surface area is 191 Å². The fourth-order valence-electron chi connectivity index (χ4n) is 4.10. The van der Waals surface area contributed by atoms with Crippen LogP contribution in [0.3, 0.4) is 0 Å². The molecule has 0 spiro atoms. The van der Waals surface area contributed by atoms with Crippen molar-refractivity contribution in [3.05, 3.63) is 42.2 Å². The first-order valence-corrected chi connectivity index (χ1v) is 11.1. The standard InChI is InChI=1S/C23H28F2N6O2/c1-17(32)18-3-2-4-19(13-18)28-22(33)15-29-9-11-31(12-10-29)21-14-20(26-16-27-21)30-7-5-23(24,25)6-8-30/h2-4,13-14,16H,5-12,15H2,1H3,(H,28,33). The summed E-state index contributed by atoms with van der Waals surface area (Å²) in [7, 11) is 0. The van der Waals surface area contributed by atoms with Crippen LogP contribution in [0.4, 0.5) is 26.1 Å². The van der Waals surface area contributed by atoms with E-state index < -0.39 is 5.92 Å². The lowest BCUT2D eigenvalue weighted by atomic mass is 10.1. The molecule has 0 atom stereocenters. The topological polar surface area (TPSA) is 81.7 Å². The summed E-state index contributed by atoms with van der Waals surface area (Å²) in [4.78, 5) is 38.7. The van der Waals surface area contributed by atoms with Crippen LogP contribution in [-0.2, 0) is 4.79 Å². The first-order chi connectivity index (χ1) is 15.8. The summed E-state index contributed by atoms with van der Waals surface area (Å²) in [6.07, 6.45) is 1.16. The smallest absolute Gasteiger partial charge is 0.251 e.